The van der Waals surface area contributed by atoms with Crippen LogP contribution in [0.25, 0.3) is 34.4 Å². The van der Waals surface area contributed by atoms with Crippen LogP contribution in [0.4, 0.5) is 5.95 Å². The van der Waals surface area contributed by atoms with Gasteiger partial charge in [-0.05, 0) is 29.8 Å². The van der Waals surface area contributed by atoms with Gasteiger partial charge in [-0.2, -0.15) is 4.98 Å². The topological polar surface area (TPSA) is 107 Å². The summed E-state index contributed by atoms with van der Waals surface area (Å²) in [6, 6.07) is 15.6. The number of benzene rings is 1. The Hall–Kier alpha value is -3.71. The molecule has 1 aromatic carbocycles. The summed E-state index contributed by atoms with van der Waals surface area (Å²) in [5.41, 5.74) is 3.84. The van der Waals surface area contributed by atoms with Gasteiger partial charge in [0.2, 0.25) is 5.95 Å². The number of aromatic nitrogens is 4. The second-order valence-corrected chi connectivity index (χ2v) is 6.22. The number of fused-ring (bicyclic) bond motifs is 1. The first kappa shape index (κ1) is 17.7. The minimum atomic E-state index is -0.244. The molecule has 4 N–H and O–H groups in total. The quantitative estimate of drug-likeness (QED) is 0.416. The Labute approximate surface area is 160 Å². The summed E-state index contributed by atoms with van der Waals surface area (Å²) in [5.74, 6) is 0.321. The van der Waals surface area contributed by atoms with Crippen molar-refractivity contribution < 1.29 is 5.11 Å². The fourth-order valence-electron chi connectivity index (χ4n) is 2.89. The third kappa shape index (κ3) is 3.84. The highest BCUT2D eigenvalue weighted by Gasteiger charge is 2.10. The van der Waals surface area contributed by atoms with Crippen LogP contribution in [0.1, 0.15) is 11.3 Å². The van der Waals surface area contributed by atoms with E-state index >= 15 is 0 Å². The van der Waals surface area contributed by atoms with Crippen LogP contribution >= 0.6 is 0 Å². The van der Waals surface area contributed by atoms with Crippen LogP contribution in [0.15, 0.2) is 59.5 Å². The number of aliphatic hydroxyl groups is 1. The van der Waals surface area contributed by atoms with Crippen LogP contribution in [-0.2, 0) is 0 Å². The van der Waals surface area contributed by atoms with Crippen molar-refractivity contribution in [1.82, 2.24) is 19.9 Å². The van der Waals surface area contributed by atoms with E-state index in [1.165, 1.54) is 0 Å². The first-order valence-electron chi connectivity index (χ1n) is 8.90. The van der Waals surface area contributed by atoms with Crippen LogP contribution in [-0.4, -0.2) is 38.2 Å². The van der Waals surface area contributed by atoms with E-state index in [1.807, 2.05) is 54.6 Å². The molecule has 3 heterocycles. The lowest BCUT2D eigenvalue weighted by Crippen LogP contribution is -2.14. The van der Waals surface area contributed by atoms with E-state index in [4.69, 9.17) is 5.11 Å². The molecule has 0 atom stereocenters. The van der Waals surface area contributed by atoms with Gasteiger partial charge in [-0.3, -0.25) is 14.8 Å². The Morgan fingerprint density at radius 3 is 2.75 bits per heavy atom. The summed E-state index contributed by atoms with van der Waals surface area (Å²) < 4.78 is 0. The van der Waals surface area contributed by atoms with Crippen LogP contribution in [0.3, 0.4) is 0 Å². The number of rotatable bonds is 6. The number of hydrogen-bond acceptors (Lipinski definition) is 5. The number of aliphatic hydroxyl groups excluding tert-OH is 1. The summed E-state index contributed by atoms with van der Waals surface area (Å²) in [7, 11) is 0. The van der Waals surface area contributed by atoms with Crippen molar-refractivity contribution in [3.8, 4) is 11.3 Å². The number of pyridine rings is 1. The molecule has 0 saturated heterocycles. The van der Waals surface area contributed by atoms with Crippen molar-refractivity contribution in [3.63, 3.8) is 0 Å². The summed E-state index contributed by atoms with van der Waals surface area (Å²) in [6.07, 6.45) is 5.68. The van der Waals surface area contributed by atoms with Gasteiger partial charge in [-0.25, -0.2) is 0 Å². The first-order chi connectivity index (χ1) is 13.7. The van der Waals surface area contributed by atoms with Gasteiger partial charge in [0, 0.05) is 24.0 Å². The molecule has 0 fully saturated rings. The molecule has 7 nitrogen and oxygen atoms in total. The van der Waals surface area contributed by atoms with E-state index in [-0.39, 0.29) is 12.2 Å². The number of aromatic amines is 2. The minimum absolute atomic E-state index is 0.0476. The summed E-state index contributed by atoms with van der Waals surface area (Å²) in [5, 5.41) is 12.2. The highest BCUT2D eigenvalue weighted by atomic mass is 16.3. The smallest absolute Gasteiger partial charge is 0.261 e. The van der Waals surface area contributed by atoms with Gasteiger partial charge >= 0.3 is 0 Å². The third-order valence-electron chi connectivity index (χ3n) is 4.24. The number of anilines is 1. The van der Waals surface area contributed by atoms with Gasteiger partial charge in [0.05, 0.1) is 17.7 Å². The van der Waals surface area contributed by atoms with Gasteiger partial charge in [-0.15, -0.1) is 0 Å². The summed E-state index contributed by atoms with van der Waals surface area (Å²) in [6.45, 7) is 0.261. The molecule has 0 aliphatic rings. The van der Waals surface area contributed by atoms with Crippen LogP contribution in [0, 0.1) is 0 Å². The van der Waals surface area contributed by atoms with Crippen LogP contribution in [0.5, 0.6) is 0 Å². The molecule has 0 radical (unpaired) electrons. The van der Waals surface area contributed by atoms with Crippen molar-refractivity contribution >= 4 is 29.1 Å². The lowest BCUT2D eigenvalue weighted by Gasteiger charge is -2.02. The Kier molecular flexibility index (Phi) is 4.99. The maximum Gasteiger partial charge on any atom is 0.261 e. The molecule has 7 heteroatoms. The summed E-state index contributed by atoms with van der Waals surface area (Å²) in [4.78, 5) is 26.9. The lowest BCUT2D eigenvalue weighted by molar-refractivity contribution is 0.311. The van der Waals surface area contributed by atoms with E-state index in [1.54, 1.807) is 12.3 Å². The van der Waals surface area contributed by atoms with E-state index in [0.29, 0.717) is 23.5 Å². The second kappa shape index (κ2) is 7.89. The average Bonchev–Trinajstić information content (AvgIpc) is 3.17. The fraction of sp³-hybridized carbons (Fsp3) is 0.0952. The first-order valence-corrected chi connectivity index (χ1v) is 8.90. The fourth-order valence-corrected chi connectivity index (χ4v) is 2.89. The highest BCUT2D eigenvalue weighted by molar-refractivity contribution is 5.83. The zero-order chi connectivity index (χ0) is 19.3. The molecular formula is C21H19N5O2. The number of H-pyrrole nitrogens is 2. The lowest BCUT2D eigenvalue weighted by atomic mass is 10.1. The predicted octanol–water partition coefficient (Wildman–Crippen LogP) is 2.89. The van der Waals surface area contributed by atoms with Crippen molar-refractivity contribution in [3.05, 3.63) is 76.3 Å². The summed E-state index contributed by atoms with van der Waals surface area (Å²) >= 11 is 0. The van der Waals surface area contributed by atoms with Gasteiger partial charge in [-0.1, -0.05) is 36.4 Å². The van der Waals surface area contributed by atoms with Gasteiger partial charge < -0.3 is 15.4 Å². The molecule has 0 saturated carbocycles. The zero-order valence-electron chi connectivity index (χ0n) is 15.0. The van der Waals surface area contributed by atoms with Gasteiger partial charge in [0.25, 0.3) is 5.56 Å². The molecule has 4 rings (SSSR count). The van der Waals surface area contributed by atoms with E-state index < -0.39 is 0 Å². The third-order valence-corrected chi connectivity index (χ3v) is 4.24. The molecule has 0 unspecified atom stereocenters. The maximum absolute atomic E-state index is 12.3. The second-order valence-electron chi connectivity index (χ2n) is 6.22. The molecule has 0 aliphatic heterocycles. The predicted molar refractivity (Wildman–Crippen MR) is 111 cm³/mol. The van der Waals surface area contributed by atoms with Crippen LogP contribution in [0.2, 0.25) is 0 Å². The average molecular weight is 373 g/mol. The molecule has 140 valence electrons. The highest BCUT2D eigenvalue weighted by Crippen LogP contribution is 2.22. The van der Waals surface area contributed by atoms with Gasteiger partial charge in [0.1, 0.15) is 5.65 Å². The normalized spacial score (nSPS) is 11.3. The van der Waals surface area contributed by atoms with E-state index in [0.717, 1.165) is 22.5 Å². The maximum atomic E-state index is 12.3. The SMILES string of the molecule is O=c1[nH]c(NCCO)nc2[nH]c(-c3ccnc(/C=C/c4ccccc4)c3)cc12. The Bertz CT molecular complexity index is 1180. The number of nitrogens with zero attached hydrogens (tertiary/aromatic N) is 2. The molecule has 28 heavy (non-hydrogen) atoms. The molecule has 0 bridgehead atoms. The monoisotopic (exact) mass is 373 g/mol. The molecule has 0 aliphatic carbocycles. The molecule has 0 spiro atoms. The Balaban J connectivity index is 1.65. The van der Waals surface area contributed by atoms with E-state index in [2.05, 4.69) is 25.3 Å². The van der Waals surface area contributed by atoms with E-state index in [9.17, 15) is 4.79 Å². The van der Waals surface area contributed by atoms with Crippen molar-refractivity contribution in [1.29, 1.82) is 0 Å². The standard InChI is InChI=1S/C21H19N5O2/c27-11-10-23-21-25-19-17(20(28)26-21)13-18(24-19)15-8-9-22-16(12-15)7-6-14-4-2-1-3-5-14/h1-9,12-13,27H,10-11H2,(H3,23,24,25,26,28)/b7-6+. The Morgan fingerprint density at radius 1 is 1.07 bits per heavy atom. The van der Waals surface area contributed by atoms with Gasteiger partial charge in [0.15, 0.2) is 0 Å². The Morgan fingerprint density at radius 2 is 1.93 bits per heavy atom. The zero-order valence-corrected chi connectivity index (χ0v) is 15.0. The van der Waals surface area contributed by atoms with Crippen molar-refractivity contribution in [2.24, 2.45) is 0 Å². The van der Waals surface area contributed by atoms with Crippen molar-refractivity contribution in [2.45, 2.75) is 0 Å². The number of nitrogens with one attached hydrogen (secondary N) is 3. The molecular weight excluding hydrogens is 354 g/mol. The molecule has 0 amide bonds. The number of hydrogen-bond donors (Lipinski definition) is 4. The minimum Gasteiger partial charge on any atom is -0.395 e. The largest absolute Gasteiger partial charge is 0.395 e. The molecule has 4 aromatic rings. The molecule has 3 aromatic heterocycles. The van der Waals surface area contributed by atoms with Crippen molar-refractivity contribution in [2.75, 3.05) is 18.5 Å². The van der Waals surface area contributed by atoms with Crippen LogP contribution < -0.4 is 10.9 Å².